The number of nitrogens with one attached hydrogen (secondary N) is 1. The van der Waals surface area contributed by atoms with Crippen molar-refractivity contribution in [3.05, 3.63) is 29.1 Å². The Balaban J connectivity index is 2.11. The fourth-order valence-corrected chi connectivity index (χ4v) is 2.03. The third kappa shape index (κ3) is 2.68. The van der Waals surface area contributed by atoms with Crippen molar-refractivity contribution >= 4 is 5.91 Å². The van der Waals surface area contributed by atoms with Gasteiger partial charge in [0.25, 0.3) is 5.91 Å². The second kappa shape index (κ2) is 5.46. The first kappa shape index (κ1) is 13.0. The summed E-state index contributed by atoms with van der Waals surface area (Å²) in [4.78, 5) is 18.5. The van der Waals surface area contributed by atoms with Crippen LogP contribution in [0, 0.1) is 0 Å². The molecular weight excluding hydrogens is 230 g/mol. The van der Waals surface area contributed by atoms with Crippen molar-refractivity contribution in [1.29, 1.82) is 0 Å². The summed E-state index contributed by atoms with van der Waals surface area (Å²) in [6.45, 7) is 6.52. The number of carbonyl (C=O) groups excluding carboxylic acids is 1. The molecule has 1 aromatic rings. The maximum Gasteiger partial charge on any atom is 0.253 e. The molecule has 0 aliphatic carbocycles. The number of rotatable bonds is 4. The zero-order chi connectivity index (χ0) is 13.1. The highest BCUT2D eigenvalue weighted by Gasteiger charge is 2.20. The summed E-state index contributed by atoms with van der Waals surface area (Å²) in [5, 5.41) is 11.6. The third-order valence-corrected chi connectivity index (χ3v) is 3.19. The Morgan fingerprint density at radius 2 is 2.39 bits per heavy atom. The van der Waals surface area contributed by atoms with Crippen LogP contribution in [0.4, 0.5) is 0 Å². The van der Waals surface area contributed by atoms with E-state index in [1.165, 1.54) is 0 Å². The monoisotopic (exact) mass is 249 g/mol. The van der Waals surface area contributed by atoms with E-state index in [-0.39, 0.29) is 18.6 Å². The van der Waals surface area contributed by atoms with Crippen molar-refractivity contribution in [2.24, 2.45) is 0 Å². The van der Waals surface area contributed by atoms with Gasteiger partial charge < -0.3 is 10.4 Å². The lowest BCUT2D eigenvalue weighted by atomic mass is 10.1. The molecular formula is C13H19N3O2. The van der Waals surface area contributed by atoms with Gasteiger partial charge in [-0.25, -0.2) is 0 Å². The molecule has 2 N–H and O–H groups in total. The smallest absolute Gasteiger partial charge is 0.253 e. The average molecular weight is 249 g/mol. The molecule has 5 heteroatoms. The van der Waals surface area contributed by atoms with Crippen LogP contribution in [0.15, 0.2) is 12.3 Å². The number of pyridine rings is 1. The van der Waals surface area contributed by atoms with Crippen LogP contribution in [0.5, 0.6) is 0 Å². The molecule has 0 fully saturated rings. The summed E-state index contributed by atoms with van der Waals surface area (Å²) in [5.41, 5.74) is 2.75. The molecule has 1 aliphatic heterocycles. The first-order chi connectivity index (χ1) is 8.63. The van der Waals surface area contributed by atoms with Gasteiger partial charge in [-0.1, -0.05) is 6.92 Å². The molecule has 1 aromatic heterocycles. The summed E-state index contributed by atoms with van der Waals surface area (Å²) in [5.74, 6) is -0.179. The first-order valence-corrected chi connectivity index (χ1v) is 6.26. The molecule has 0 radical (unpaired) electrons. The van der Waals surface area contributed by atoms with Crippen LogP contribution < -0.4 is 5.32 Å². The van der Waals surface area contributed by atoms with E-state index in [9.17, 15) is 4.79 Å². The van der Waals surface area contributed by atoms with Crippen molar-refractivity contribution in [3.8, 4) is 0 Å². The van der Waals surface area contributed by atoms with Gasteiger partial charge in [0.1, 0.15) is 0 Å². The Morgan fingerprint density at radius 3 is 3.06 bits per heavy atom. The minimum Gasteiger partial charge on any atom is -0.394 e. The number of nitrogens with zero attached hydrogens (tertiary/aromatic N) is 2. The van der Waals surface area contributed by atoms with E-state index in [4.69, 9.17) is 5.11 Å². The van der Waals surface area contributed by atoms with E-state index in [1.807, 2.05) is 6.07 Å². The van der Waals surface area contributed by atoms with E-state index in [2.05, 4.69) is 22.1 Å². The predicted molar refractivity (Wildman–Crippen MR) is 68.0 cm³/mol. The maximum absolute atomic E-state index is 11.9. The lowest BCUT2D eigenvalue weighted by molar-refractivity contribution is 0.0922. The average Bonchev–Trinajstić information content (AvgIpc) is 2.80. The Kier molecular flexibility index (Phi) is 3.93. The second-order valence-electron chi connectivity index (χ2n) is 4.69. The van der Waals surface area contributed by atoms with Crippen LogP contribution in [-0.4, -0.2) is 40.1 Å². The highest BCUT2D eigenvalue weighted by Crippen LogP contribution is 2.21. The lowest BCUT2D eigenvalue weighted by Gasteiger charge is -2.11. The summed E-state index contributed by atoms with van der Waals surface area (Å²) in [7, 11) is 0. The molecule has 0 spiro atoms. The van der Waals surface area contributed by atoms with Crippen LogP contribution >= 0.6 is 0 Å². The van der Waals surface area contributed by atoms with Gasteiger partial charge in [-0.15, -0.1) is 0 Å². The fourth-order valence-electron chi connectivity index (χ4n) is 2.03. The largest absolute Gasteiger partial charge is 0.394 e. The molecule has 1 aliphatic rings. The Morgan fingerprint density at radius 1 is 1.61 bits per heavy atom. The number of aliphatic hydroxyl groups excluding tert-OH is 1. The molecule has 0 saturated carbocycles. The zero-order valence-electron chi connectivity index (χ0n) is 10.8. The van der Waals surface area contributed by atoms with Gasteiger partial charge in [0.2, 0.25) is 0 Å². The molecule has 2 heterocycles. The molecule has 18 heavy (non-hydrogen) atoms. The highest BCUT2D eigenvalue weighted by molar-refractivity contribution is 5.94. The number of carbonyl (C=O) groups is 1. The van der Waals surface area contributed by atoms with Gasteiger partial charge in [-0.05, 0) is 25.1 Å². The van der Waals surface area contributed by atoms with Gasteiger partial charge >= 0.3 is 0 Å². The van der Waals surface area contributed by atoms with Crippen molar-refractivity contribution < 1.29 is 9.90 Å². The van der Waals surface area contributed by atoms with Gasteiger partial charge in [-0.2, -0.15) is 0 Å². The normalized spacial score (nSPS) is 16.4. The number of aliphatic hydroxyl groups is 1. The molecule has 1 atom stereocenters. The SMILES string of the molecule is CCN1Cc2cc(C(=O)N[C@H](C)CO)cnc2C1. The fraction of sp³-hybridized carbons (Fsp3) is 0.538. The minimum atomic E-state index is -0.238. The molecule has 0 aromatic carbocycles. The van der Waals surface area contributed by atoms with Gasteiger partial charge in [0.05, 0.1) is 17.9 Å². The Hall–Kier alpha value is -1.46. The van der Waals surface area contributed by atoms with Crippen LogP contribution in [-0.2, 0) is 13.1 Å². The topological polar surface area (TPSA) is 65.5 Å². The van der Waals surface area contributed by atoms with E-state index in [0.717, 1.165) is 30.9 Å². The van der Waals surface area contributed by atoms with Crippen molar-refractivity contribution in [2.75, 3.05) is 13.2 Å². The molecule has 5 nitrogen and oxygen atoms in total. The maximum atomic E-state index is 11.9. The molecule has 0 unspecified atom stereocenters. The van der Waals surface area contributed by atoms with Crippen LogP contribution in [0.2, 0.25) is 0 Å². The van der Waals surface area contributed by atoms with Crippen molar-refractivity contribution in [2.45, 2.75) is 33.0 Å². The van der Waals surface area contributed by atoms with Crippen LogP contribution in [0.25, 0.3) is 0 Å². The standard InChI is InChI=1S/C13H19N3O2/c1-3-16-6-11-4-10(5-14-12(11)7-16)13(18)15-9(2)8-17/h4-5,9,17H,3,6-8H2,1-2H3,(H,15,18)/t9-/m1/s1. The zero-order valence-corrected chi connectivity index (χ0v) is 10.8. The molecule has 2 rings (SSSR count). The number of hydrogen-bond donors (Lipinski definition) is 2. The summed E-state index contributed by atoms with van der Waals surface area (Å²) < 4.78 is 0. The second-order valence-corrected chi connectivity index (χ2v) is 4.69. The van der Waals surface area contributed by atoms with E-state index >= 15 is 0 Å². The van der Waals surface area contributed by atoms with E-state index in [0.29, 0.717) is 5.56 Å². The quantitative estimate of drug-likeness (QED) is 0.817. The predicted octanol–water partition coefficient (Wildman–Crippen LogP) is 0.528. The van der Waals surface area contributed by atoms with E-state index < -0.39 is 0 Å². The molecule has 0 saturated heterocycles. The van der Waals surface area contributed by atoms with Crippen molar-refractivity contribution in [3.63, 3.8) is 0 Å². The molecule has 0 bridgehead atoms. The number of fused-ring (bicyclic) bond motifs is 1. The van der Waals surface area contributed by atoms with Crippen LogP contribution in [0.3, 0.4) is 0 Å². The van der Waals surface area contributed by atoms with Gasteiger partial charge in [0.15, 0.2) is 0 Å². The molecule has 1 amide bonds. The van der Waals surface area contributed by atoms with Crippen LogP contribution in [0.1, 0.15) is 35.5 Å². The third-order valence-electron chi connectivity index (χ3n) is 3.19. The number of amides is 1. The van der Waals surface area contributed by atoms with Crippen molar-refractivity contribution in [1.82, 2.24) is 15.2 Å². The number of hydrogen-bond acceptors (Lipinski definition) is 4. The van der Waals surface area contributed by atoms with Gasteiger partial charge in [0, 0.05) is 25.3 Å². The minimum absolute atomic E-state index is 0.0618. The van der Waals surface area contributed by atoms with E-state index in [1.54, 1.807) is 13.1 Å². The Bertz CT molecular complexity index is 448. The summed E-state index contributed by atoms with van der Waals surface area (Å²) in [6.07, 6.45) is 1.61. The summed E-state index contributed by atoms with van der Waals surface area (Å²) in [6, 6.07) is 1.66. The highest BCUT2D eigenvalue weighted by atomic mass is 16.3. The Labute approximate surface area is 107 Å². The molecule has 98 valence electrons. The lowest BCUT2D eigenvalue weighted by Crippen LogP contribution is -2.35. The number of aromatic nitrogens is 1. The van der Waals surface area contributed by atoms with Gasteiger partial charge in [-0.3, -0.25) is 14.7 Å². The summed E-state index contributed by atoms with van der Waals surface area (Å²) >= 11 is 0. The first-order valence-electron chi connectivity index (χ1n) is 6.26.